The first-order valence-corrected chi connectivity index (χ1v) is 21.8. The van der Waals surface area contributed by atoms with Crippen molar-refractivity contribution in [1.29, 1.82) is 0 Å². The third-order valence-corrected chi connectivity index (χ3v) is 21.4. The summed E-state index contributed by atoms with van der Waals surface area (Å²) in [5.41, 5.74) is -0.624. The minimum absolute atomic E-state index is 0.0122. The number of ether oxygens (including phenoxy) is 1. The molecule has 2 unspecified atom stereocenters. The molecule has 0 aliphatic heterocycles. The Balaban J connectivity index is 1.69. The second-order valence-corrected chi connectivity index (χ2v) is 24.4. The number of methoxy groups -OCH3 is 1. The molecule has 8 heteroatoms. The van der Waals surface area contributed by atoms with E-state index in [1.807, 2.05) is 61.3 Å². The summed E-state index contributed by atoms with van der Waals surface area (Å²) in [5, 5.41) is 3.87. The SMILES string of the molecule is COc1ccc2ccccc2c1P(C)(=NS(=O)(=O)C[C@]12CC[C@H](CC1O[Si](C)(C)C(C)(C)C)C2(C)C)c1ccccc1. The van der Waals surface area contributed by atoms with Gasteiger partial charge in [-0.15, -0.1) is 0 Å². The van der Waals surface area contributed by atoms with Crippen molar-refractivity contribution in [2.75, 3.05) is 19.5 Å². The molecule has 3 aromatic carbocycles. The third kappa shape index (κ3) is 5.12. The maximum absolute atomic E-state index is 14.6. The average Bonchev–Trinajstić information content (AvgIpc) is 3.26. The molecule has 4 atom stereocenters. The van der Waals surface area contributed by atoms with Crippen LogP contribution in [0.25, 0.3) is 10.8 Å². The van der Waals surface area contributed by atoms with Crippen LogP contribution >= 0.6 is 7.05 Å². The number of benzene rings is 3. The fourth-order valence-corrected chi connectivity index (χ4v) is 15.4. The molecular formula is C34H48NO4PSSi. The molecule has 0 spiro atoms. The molecule has 2 fully saturated rings. The summed E-state index contributed by atoms with van der Waals surface area (Å²) in [6.07, 6.45) is 2.75. The summed E-state index contributed by atoms with van der Waals surface area (Å²) < 4.78 is 47.3. The molecule has 5 nitrogen and oxygen atoms in total. The summed E-state index contributed by atoms with van der Waals surface area (Å²) >= 11 is 0. The molecule has 0 saturated heterocycles. The summed E-state index contributed by atoms with van der Waals surface area (Å²) in [7, 11) is -7.20. The second-order valence-electron chi connectivity index (χ2n) is 14.7. The summed E-state index contributed by atoms with van der Waals surface area (Å²) in [6.45, 7) is 17.9. The molecular weight excluding hydrogens is 578 g/mol. The molecule has 0 N–H and O–H groups in total. The van der Waals surface area contributed by atoms with Crippen molar-refractivity contribution >= 4 is 46.8 Å². The molecule has 0 amide bonds. The van der Waals surface area contributed by atoms with Crippen LogP contribution in [-0.2, 0) is 14.4 Å². The summed E-state index contributed by atoms with van der Waals surface area (Å²) in [6, 6.07) is 22.0. The van der Waals surface area contributed by atoms with Crippen molar-refractivity contribution < 1.29 is 17.6 Å². The van der Waals surface area contributed by atoms with Gasteiger partial charge in [-0.05, 0) is 77.5 Å². The van der Waals surface area contributed by atoms with Crippen LogP contribution in [0.4, 0.5) is 0 Å². The average molecular weight is 626 g/mol. The summed E-state index contributed by atoms with van der Waals surface area (Å²) in [4.78, 5) is 0. The quantitative estimate of drug-likeness (QED) is 0.187. The second kappa shape index (κ2) is 10.6. The molecule has 0 heterocycles. The highest BCUT2D eigenvalue weighted by Gasteiger charge is 2.66. The van der Waals surface area contributed by atoms with Gasteiger partial charge in [0.15, 0.2) is 8.32 Å². The van der Waals surface area contributed by atoms with Crippen LogP contribution < -0.4 is 15.3 Å². The lowest BCUT2D eigenvalue weighted by Gasteiger charge is -2.47. The third-order valence-electron chi connectivity index (χ3n) is 11.1. The maximum atomic E-state index is 14.6. The lowest BCUT2D eigenvalue weighted by Crippen LogP contribution is -2.52. The van der Waals surface area contributed by atoms with Gasteiger partial charge in [-0.3, -0.25) is 0 Å². The van der Waals surface area contributed by atoms with E-state index in [9.17, 15) is 8.42 Å². The van der Waals surface area contributed by atoms with Crippen LogP contribution in [0.1, 0.15) is 53.9 Å². The molecule has 3 aromatic rings. The first-order chi connectivity index (χ1) is 19.5. The molecule has 228 valence electrons. The van der Waals surface area contributed by atoms with E-state index in [1.165, 1.54) is 0 Å². The van der Waals surface area contributed by atoms with E-state index in [2.05, 4.69) is 59.8 Å². The molecule has 2 saturated carbocycles. The van der Waals surface area contributed by atoms with Crippen molar-refractivity contribution in [3.05, 3.63) is 66.7 Å². The Morgan fingerprint density at radius 1 is 1.00 bits per heavy atom. The first-order valence-electron chi connectivity index (χ1n) is 15.1. The number of hydrogen-bond acceptors (Lipinski definition) is 4. The van der Waals surface area contributed by atoms with Crippen LogP contribution in [0, 0.1) is 16.7 Å². The van der Waals surface area contributed by atoms with E-state index in [0.29, 0.717) is 11.7 Å². The predicted octanol–water partition coefficient (Wildman–Crippen LogP) is 8.18. The zero-order valence-corrected chi connectivity index (χ0v) is 29.5. The van der Waals surface area contributed by atoms with Crippen molar-refractivity contribution in [2.24, 2.45) is 20.9 Å². The Labute approximate surface area is 254 Å². The molecule has 5 rings (SSSR count). The molecule has 0 radical (unpaired) electrons. The number of nitrogens with zero attached hydrogens (tertiary/aromatic N) is 1. The summed E-state index contributed by atoms with van der Waals surface area (Å²) in [5.74, 6) is 1.14. The van der Waals surface area contributed by atoms with Crippen molar-refractivity contribution in [1.82, 2.24) is 0 Å². The van der Waals surface area contributed by atoms with Crippen LogP contribution in [0.3, 0.4) is 0 Å². The van der Waals surface area contributed by atoms with Gasteiger partial charge in [0.2, 0.25) is 0 Å². The molecule has 2 aliphatic rings. The van der Waals surface area contributed by atoms with E-state index in [0.717, 1.165) is 40.6 Å². The molecule has 2 aliphatic carbocycles. The number of hydrogen-bond donors (Lipinski definition) is 0. The molecule has 0 aromatic heterocycles. The van der Waals surface area contributed by atoms with Gasteiger partial charge in [-0.2, -0.15) is 4.15 Å². The highest BCUT2D eigenvalue weighted by molar-refractivity contribution is 7.97. The van der Waals surface area contributed by atoms with Gasteiger partial charge in [0.05, 0.1) is 19.0 Å². The monoisotopic (exact) mass is 625 g/mol. The van der Waals surface area contributed by atoms with Gasteiger partial charge in [0, 0.05) is 17.8 Å². The zero-order valence-electron chi connectivity index (χ0n) is 26.8. The Kier molecular flexibility index (Phi) is 7.96. The first kappa shape index (κ1) is 31.5. The fourth-order valence-electron chi connectivity index (χ4n) is 7.43. The van der Waals surface area contributed by atoms with Gasteiger partial charge >= 0.3 is 0 Å². The van der Waals surface area contributed by atoms with E-state index < -0.39 is 30.8 Å². The highest BCUT2D eigenvalue weighted by atomic mass is 32.2. The maximum Gasteiger partial charge on any atom is 0.253 e. The Hall–Kier alpha value is -1.92. The van der Waals surface area contributed by atoms with Crippen molar-refractivity contribution in [3.63, 3.8) is 0 Å². The van der Waals surface area contributed by atoms with Gasteiger partial charge in [-0.25, -0.2) is 8.42 Å². The Bertz CT molecular complexity index is 1650. The number of rotatable bonds is 8. The van der Waals surface area contributed by atoms with Gasteiger partial charge in [-0.1, -0.05) is 95.3 Å². The normalized spacial score (nSPS) is 25.4. The Morgan fingerprint density at radius 2 is 1.64 bits per heavy atom. The molecule has 42 heavy (non-hydrogen) atoms. The van der Waals surface area contributed by atoms with Gasteiger partial charge in [0.1, 0.15) is 5.75 Å². The highest BCUT2D eigenvalue weighted by Crippen LogP contribution is 2.68. The van der Waals surface area contributed by atoms with E-state index in [-0.39, 0.29) is 22.3 Å². The largest absolute Gasteiger partial charge is 0.496 e. The lowest BCUT2D eigenvalue weighted by atomic mass is 9.70. The van der Waals surface area contributed by atoms with E-state index >= 15 is 0 Å². The standard InChI is InChI=1S/C34H48NO4PSSi/c1-32(2,3)42(8,9)39-30-23-26-21-22-34(30,33(26,4)5)24-41(36,37)35-40(7,27-16-11-10-12-17-27)31-28-18-14-13-15-25(28)19-20-29(31)38-6/h10-20,26,30H,21-24H2,1-9H3/t26-,30?,34-,40?/m1/s1. The fraction of sp³-hybridized carbons (Fsp3) is 0.529. The zero-order chi connectivity index (χ0) is 30.8. The minimum atomic E-state index is -3.90. The van der Waals surface area contributed by atoms with Crippen LogP contribution in [0.2, 0.25) is 18.1 Å². The molecule has 2 bridgehead atoms. The van der Waals surface area contributed by atoms with Crippen LogP contribution in [-0.4, -0.2) is 42.4 Å². The van der Waals surface area contributed by atoms with Crippen molar-refractivity contribution in [3.8, 4) is 5.75 Å². The van der Waals surface area contributed by atoms with Crippen LogP contribution in [0.15, 0.2) is 70.9 Å². The lowest BCUT2D eigenvalue weighted by molar-refractivity contribution is 0.0237. The van der Waals surface area contributed by atoms with Crippen molar-refractivity contribution in [2.45, 2.75) is 78.1 Å². The Morgan fingerprint density at radius 3 is 2.26 bits per heavy atom. The number of fused-ring (bicyclic) bond motifs is 3. The van der Waals surface area contributed by atoms with Gasteiger partial charge < -0.3 is 9.16 Å². The minimum Gasteiger partial charge on any atom is -0.496 e. The smallest absolute Gasteiger partial charge is 0.253 e. The van der Waals surface area contributed by atoms with E-state index in [1.54, 1.807) is 7.11 Å². The predicted molar refractivity (Wildman–Crippen MR) is 181 cm³/mol. The van der Waals surface area contributed by atoms with Crippen LogP contribution in [0.5, 0.6) is 5.75 Å². The topological polar surface area (TPSA) is 65.0 Å². The number of sulfonamides is 1. The van der Waals surface area contributed by atoms with Gasteiger partial charge in [0.25, 0.3) is 10.0 Å². The van der Waals surface area contributed by atoms with E-state index in [4.69, 9.17) is 13.3 Å².